The van der Waals surface area contributed by atoms with Crippen LogP contribution in [-0.4, -0.2) is 34.8 Å². The third kappa shape index (κ3) is 6.21. The second kappa shape index (κ2) is 12.7. The molecule has 44 heavy (non-hydrogen) atoms. The van der Waals surface area contributed by atoms with Crippen molar-refractivity contribution in [3.63, 3.8) is 0 Å². The molecule has 6 rings (SSSR count). The molecule has 0 radical (unpaired) electrons. The summed E-state index contributed by atoms with van der Waals surface area (Å²) in [6, 6.07) is 19.9. The van der Waals surface area contributed by atoms with Gasteiger partial charge in [0.15, 0.2) is 0 Å². The topological polar surface area (TPSA) is 107 Å². The van der Waals surface area contributed by atoms with E-state index in [1.165, 1.54) is 12.3 Å². The molecule has 1 unspecified atom stereocenters. The summed E-state index contributed by atoms with van der Waals surface area (Å²) in [7, 11) is -3.97. The highest BCUT2D eigenvalue weighted by atomic mass is 31.2. The number of halogens is 1. The molecule has 0 spiro atoms. The van der Waals surface area contributed by atoms with Crippen LogP contribution in [0.25, 0.3) is 10.9 Å². The fourth-order valence-corrected chi connectivity index (χ4v) is 7.44. The number of phosphoric acid groups is 1. The van der Waals surface area contributed by atoms with Gasteiger partial charge in [0.1, 0.15) is 11.4 Å². The number of benzene rings is 3. The van der Waals surface area contributed by atoms with Gasteiger partial charge in [0.2, 0.25) is 5.43 Å². The number of hydrogen-bond acceptors (Lipinski definition) is 7. The van der Waals surface area contributed by atoms with E-state index in [2.05, 4.69) is 0 Å². The van der Waals surface area contributed by atoms with E-state index in [0.29, 0.717) is 55.5 Å². The van der Waals surface area contributed by atoms with Crippen molar-refractivity contribution in [1.29, 1.82) is 0 Å². The molecule has 11 heteroatoms. The second-order valence-corrected chi connectivity index (χ2v) is 12.9. The Hall–Kier alpha value is -3.82. The average Bonchev–Trinajstić information content (AvgIpc) is 3.03. The van der Waals surface area contributed by atoms with E-state index in [-0.39, 0.29) is 30.2 Å². The molecule has 0 saturated carbocycles. The molecule has 1 atom stereocenters. The van der Waals surface area contributed by atoms with Gasteiger partial charge in [0.05, 0.1) is 30.5 Å². The summed E-state index contributed by atoms with van der Waals surface area (Å²) in [5.41, 5.74) is 2.32. The van der Waals surface area contributed by atoms with Crippen molar-refractivity contribution in [1.82, 2.24) is 4.57 Å². The van der Waals surface area contributed by atoms with E-state index in [0.717, 1.165) is 11.1 Å². The van der Waals surface area contributed by atoms with Crippen molar-refractivity contribution in [2.45, 2.75) is 58.0 Å². The SMILES string of the molecule is CC1CCc2c(N3CCC(OP(=O)(OCc4ccccc4)OCc4ccccc4)CC3)c(F)cc3c(=O)c(C(=O)O)cn1c23. The van der Waals surface area contributed by atoms with Crippen LogP contribution in [0, 0.1) is 5.82 Å². The quantitative estimate of drug-likeness (QED) is 0.192. The van der Waals surface area contributed by atoms with E-state index < -0.39 is 31.1 Å². The molecular weight excluding hydrogens is 586 g/mol. The number of nitrogens with zero attached hydrogens (tertiary/aromatic N) is 2. The molecule has 2 aliphatic rings. The lowest BCUT2D eigenvalue weighted by Crippen LogP contribution is -2.38. The fraction of sp³-hybridized carbons (Fsp3) is 0.333. The smallest absolute Gasteiger partial charge is 0.475 e. The Bertz CT molecular complexity index is 1720. The van der Waals surface area contributed by atoms with Crippen LogP contribution >= 0.6 is 7.82 Å². The zero-order valence-electron chi connectivity index (χ0n) is 24.4. The molecule has 3 heterocycles. The van der Waals surface area contributed by atoms with Crippen LogP contribution in [-0.2, 0) is 37.8 Å². The Morgan fingerprint density at radius 1 is 0.977 bits per heavy atom. The molecule has 1 fully saturated rings. The largest absolute Gasteiger partial charge is 0.477 e. The first-order chi connectivity index (χ1) is 21.2. The lowest BCUT2D eigenvalue weighted by molar-refractivity contribution is 0.0601. The Kier molecular flexibility index (Phi) is 8.69. The van der Waals surface area contributed by atoms with Gasteiger partial charge in [-0.15, -0.1) is 0 Å². The van der Waals surface area contributed by atoms with Gasteiger partial charge in [0, 0.05) is 36.3 Å². The highest BCUT2D eigenvalue weighted by Crippen LogP contribution is 2.53. The van der Waals surface area contributed by atoms with E-state index >= 15 is 4.39 Å². The third-order valence-corrected chi connectivity index (χ3v) is 9.80. The van der Waals surface area contributed by atoms with Gasteiger partial charge in [-0.05, 0) is 49.8 Å². The van der Waals surface area contributed by atoms with Gasteiger partial charge < -0.3 is 14.6 Å². The Morgan fingerprint density at radius 2 is 1.57 bits per heavy atom. The van der Waals surface area contributed by atoms with Crippen molar-refractivity contribution in [3.05, 3.63) is 111 Å². The monoisotopic (exact) mass is 620 g/mol. The van der Waals surface area contributed by atoms with Crippen molar-refractivity contribution >= 4 is 30.4 Å². The van der Waals surface area contributed by atoms with Crippen molar-refractivity contribution in [3.8, 4) is 0 Å². The lowest BCUT2D eigenvalue weighted by atomic mass is 9.93. The van der Waals surface area contributed by atoms with Crippen LogP contribution in [0.3, 0.4) is 0 Å². The number of anilines is 1. The summed E-state index contributed by atoms with van der Waals surface area (Å²) in [5.74, 6) is -1.89. The predicted octanol–water partition coefficient (Wildman–Crippen LogP) is 6.87. The number of aryl methyl sites for hydroxylation is 1. The first-order valence-corrected chi connectivity index (χ1v) is 16.2. The third-order valence-electron chi connectivity index (χ3n) is 8.36. The Morgan fingerprint density at radius 3 is 2.14 bits per heavy atom. The van der Waals surface area contributed by atoms with Gasteiger partial charge >= 0.3 is 13.8 Å². The minimum atomic E-state index is -3.97. The summed E-state index contributed by atoms with van der Waals surface area (Å²) in [5, 5.41) is 9.65. The number of aromatic carboxylic acids is 1. The number of carboxylic acid groups (broad SMARTS) is 1. The van der Waals surface area contributed by atoms with Crippen LogP contribution in [0.1, 0.15) is 59.3 Å². The maximum absolute atomic E-state index is 15.8. The molecule has 9 nitrogen and oxygen atoms in total. The molecule has 230 valence electrons. The van der Waals surface area contributed by atoms with Crippen LogP contribution in [0.2, 0.25) is 0 Å². The molecule has 1 aromatic heterocycles. The molecule has 4 aromatic rings. The standard InChI is InChI=1S/C33H34FN2O7P/c1-22-12-13-26-30-27(32(37)28(33(38)39)19-36(22)30)18-29(34)31(26)35-16-14-25(15-17-35)43-44(40,41-20-23-8-4-2-5-9-23)42-21-24-10-6-3-7-11-24/h2-11,18-19,22,25H,12-17,20-21H2,1H3,(H,38,39). The number of carbonyl (C=O) groups is 1. The normalized spacial score (nSPS) is 17.2. The van der Waals surface area contributed by atoms with Gasteiger partial charge in [-0.2, -0.15) is 0 Å². The molecule has 2 aliphatic heterocycles. The summed E-state index contributed by atoms with van der Waals surface area (Å²) in [4.78, 5) is 26.6. The number of piperidine rings is 1. The van der Waals surface area contributed by atoms with E-state index in [4.69, 9.17) is 13.6 Å². The lowest BCUT2D eigenvalue weighted by Gasteiger charge is -2.37. The van der Waals surface area contributed by atoms with E-state index in [9.17, 15) is 19.3 Å². The maximum Gasteiger partial charge on any atom is 0.475 e. The summed E-state index contributed by atoms with van der Waals surface area (Å²) >= 11 is 0. The second-order valence-electron chi connectivity index (χ2n) is 11.3. The van der Waals surface area contributed by atoms with Gasteiger partial charge in [-0.3, -0.25) is 18.4 Å². The molecule has 0 amide bonds. The van der Waals surface area contributed by atoms with Gasteiger partial charge in [0.25, 0.3) is 0 Å². The zero-order chi connectivity index (χ0) is 30.8. The summed E-state index contributed by atoms with van der Waals surface area (Å²) in [6.07, 6.45) is 3.07. The maximum atomic E-state index is 15.8. The van der Waals surface area contributed by atoms with Crippen molar-refractivity contribution < 1.29 is 32.4 Å². The summed E-state index contributed by atoms with van der Waals surface area (Å²) < 4.78 is 49.0. The highest BCUT2D eigenvalue weighted by Gasteiger charge is 2.35. The number of carboxylic acids is 1. The van der Waals surface area contributed by atoms with Gasteiger partial charge in [-0.1, -0.05) is 60.7 Å². The number of aromatic nitrogens is 1. The minimum Gasteiger partial charge on any atom is -0.477 e. The van der Waals surface area contributed by atoms with Crippen LogP contribution in [0.15, 0.2) is 77.7 Å². The Balaban J connectivity index is 1.21. The van der Waals surface area contributed by atoms with Gasteiger partial charge in [-0.25, -0.2) is 13.8 Å². The first-order valence-electron chi connectivity index (χ1n) is 14.8. The molecule has 3 aromatic carbocycles. The number of pyridine rings is 1. The molecular formula is C33H34FN2O7P. The molecule has 1 saturated heterocycles. The minimum absolute atomic E-state index is 0.0398. The number of rotatable bonds is 10. The zero-order valence-corrected chi connectivity index (χ0v) is 25.3. The van der Waals surface area contributed by atoms with E-state index in [1.807, 2.05) is 72.5 Å². The first kappa shape index (κ1) is 30.2. The Labute approximate surface area is 254 Å². The van der Waals surface area contributed by atoms with E-state index in [1.54, 1.807) is 4.57 Å². The number of phosphoric ester groups is 1. The molecule has 0 bridgehead atoms. The van der Waals surface area contributed by atoms with Crippen LogP contribution in [0.5, 0.6) is 0 Å². The average molecular weight is 621 g/mol. The predicted molar refractivity (Wildman–Crippen MR) is 165 cm³/mol. The molecule has 0 aliphatic carbocycles. The van der Waals surface area contributed by atoms with Crippen molar-refractivity contribution in [2.75, 3.05) is 18.0 Å². The molecule has 1 N–H and O–H groups in total. The van der Waals surface area contributed by atoms with Crippen molar-refractivity contribution in [2.24, 2.45) is 0 Å². The van der Waals surface area contributed by atoms with Crippen LogP contribution in [0.4, 0.5) is 10.1 Å². The highest BCUT2D eigenvalue weighted by molar-refractivity contribution is 7.48. The number of hydrogen-bond donors (Lipinski definition) is 1. The van der Waals surface area contributed by atoms with Crippen LogP contribution < -0.4 is 10.3 Å². The summed E-state index contributed by atoms with van der Waals surface area (Å²) in [6.45, 7) is 2.92. The fourth-order valence-electron chi connectivity index (χ4n) is 6.05.